The van der Waals surface area contributed by atoms with Crippen LogP contribution in [0.15, 0.2) is 36.4 Å². The van der Waals surface area contributed by atoms with Crippen LogP contribution < -0.4 is 4.90 Å². The van der Waals surface area contributed by atoms with Crippen LogP contribution >= 0.6 is 23.7 Å². The van der Waals surface area contributed by atoms with Gasteiger partial charge < -0.3 is 4.90 Å². The molecule has 0 aliphatic rings. The maximum absolute atomic E-state index is 13.3. The van der Waals surface area contributed by atoms with E-state index in [4.69, 9.17) is 4.98 Å². The van der Waals surface area contributed by atoms with Crippen LogP contribution in [0.25, 0.3) is 10.2 Å². The van der Waals surface area contributed by atoms with Crippen molar-refractivity contribution in [2.75, 3.05) is 31.1 Å². The number of hydrogen-bond acceptors (Lipinski definition) is 6. The SMILES string of the molecule is CCN(CC)CCN(C(=O)Cc1ccc([N+](=O)[O-])cc1)c1nc2cc(C)cc(C)c2s1.Cl. The van der Waals surface area contributed by atoms with Gasteiger partial charge in [-0.25, -0.2) is 4.98 Å². The summed E-state index contributed by atoms with van der Waals surface area (Å²) >= 11 is 1.54. The fourth-order valence-electron chi connectivity index (χ4n) is 3.59. The highest BCUT2D eigenvalue weighted by Gasteiger charge is 2.21. The number of nitro groups is 1. The molecule has 0 radical (unpaired) electrons. The van der Waals surface area contributed by atoms with Crippen LogP contribution in [0.2, 0.25) is 0 Å². The molecule has 0 fully saturated rings. The minimum absolute atomic E-state index is 0. The molecule has 2 aromatic carbocycles. The van der Waals surface area contributed by atoms with Gasteiger partial charge in [-0.15, -0.1) is 12.4 Å². The van der Waals surface area contributed by atoms with E-state index in [1.807, 2.05) is 13.0 Å². The van der Waals surface area contributed by atoms with E-state index in [0.717, 1.165) is 46.5 Å². The quantitative estimate of drug-likeness (QED) is 0.315. The second-order valence-corrected chi connectivity index (χ2v) is 8.58. The number of carbonyl (C=O) groups excluding carboxylic acids is 1. The van der Waals surface area contributed by atoms with Gasteiger partial charge >= 0.3 is 0 Å². The average molecular weight is 477 g/mol. The molecule has 3 aromatic rings. The summed E-state index contributed by atoms with van der Waals surface area (Å²) < 4.78 is 1.09. The van der Waals surface area contributed by atoms with Crippen LogP contribution in [0.1, 0.15) is 30.5 Å². The third-order valence-corrected chi connectivity index (χ3v) is 6.61. The predicted octanol–water partition coefficient (Wildman–Crippen LogP) is 5.16. The van der Waals surface area contributed by atoms with E-state index in [-0.39, 0.29) is 30.4 Å². The third-order valence-electron chi connectivity index (χ3n) is 5.38. The van der Waals surface area contributed by atoms with E-state index >= 15 is 0 Å². The molecule has 0 atom stereocenters. The van der Waals surface area contributed by atoms with Crippen molar-refractivity contribution in [2.24, 2.45) is 0 Å². The number of nitrogens with zero attached hydrogens (tertiary/aromatic N) is 4. The molecule has 3 rings (SSSR count). The highest BCUT2D eigenvalue weighted by Crippen LogP contribution is 2.32. The van der Waals surface area contributed by atoms with E-state index in [0.29, 0.717) is 11.7 Å². The Kier molecular flexibility index (Phi) is 9.12. The van der Waals surface area contributed by atoms with E-state index < -0.39 is 4.92 Å². The van der Waals surface area contributed by atoms with Gasteiger partial charge in [-0.2, -0.15) is 0 Å². The van der Waals surface area contributed by atoms with Crippen LogP contribution in [0, 0.1) is 24.0 Å². The van der Waals surface area contributed by atoms with Gasteiger partial charge in [0.25, 0.3) is 5.69 Å². The molecule has 0 bridgehead atoms. The highest BCUT2D eigenvalue weighted by molar-refractivity contribution is 7.22. The number of hydrogen-bond donors (Lipinski definition) is 0. The number of amides is 1. The molecule has 1 amide bonds. The Labute approximate surface area is 198 Å². The van der Waals surface area contributed by atoms with E-state index in [2.05, 4.69) is 31.7 Å². The van der Waals surface area contributed by atoms with Gasteiger partial charge in [0.05, 0.1) is 21.6 Å². The smallest absolute Gasteiger partial charge is 0.269 e. The Bertz CT molecular complexity index is 1080. The molecule has 0 saturated carbocycles. The maximum Gasteiger partial charge on any atom is 0.269 e. The van der Waals surface area contributed by atoms with Crippen molar-refractivity contribution in [2.45, 2.75) is 34.1 Å². The molecule has 32 heavy (non-hydrogen) atoms. The van der Waals surface area contributed by atoms with Crippen LogP contribution in [-0.4, -0.2) is 46.9 Å². The molecule has 1 heterocycles. The number of anilines is 1. The zero-order chi connectivity index (χ0) is 22.5. The Morgan fingerprint density at radius 2 is 1.75 bits per heavy atom. The number of halogens is 1. The first kappa shape index (κ1) is 25.7. The lowest BCUT2D eigenvalue weighted by atomic mass is 10.1. The summed E-state index contributed by atoms with van der Waals surface area (Å²) in [4.78, 5) is 32.6. The summed E-state index contributed by atoms with van der Waals surface area (Å²) in [5.41, 5.74) is 3.98. The number of rotatable bonds is 9. The fourth-order valence-corrected chi connectivity index (χ4v) is 4.65. The van der Waals surface area contributed by atoms with Crippen LogP contribution in [0.5, 0.6) is 0 Å². The number of benzene rings is 2. The molecule has 1 aromatic heterocycles. The van der Waals surface area contributed by atoms with Crippen LogP contribution in [-0.2, 0) is 11.2 Å². The van der Waals surface area contributed by atoms with Crippen molar-refractivity contribution in [1.29, 1.82) is 0 Å². The standard InChI is InChI=1S/C23H28N4O3S.ClH/c1-5-25(6-2)11-12-26(21(28)15-18-7-9-19(10-8-18)27(29)30)23-24-20-14-16(3)13-17(4)22(20)31-23;/h7-10,13-14H,5-6,11-12,15H2,1-4H3;1H. The molecule has 0 aliphatic heterocycles. The number of likely N-dealkylation sites (N-methyl/N-ethyl adjacent to an activating group) is 1. The summed E-state index contributed by atoms with van der Waals surface area (Å²) in [5.74, 6) is -0.0607. The normalized spacial score (nSPS) is 10.9. The van der Waals surface area contributed by atoms with Crippen molar-refractivity contribution < 1.29 is 9.72 Å². The van der Waals surface area contributed by atoms with Gasteiger partial charge in [-0.1, -0.05) is 43.4 Å². The molecule has 172 valence electrons. The molecular weight excluding hydrogens is 448 g/mol. The number of aryl methyl sites for hydroxylation is 2. The first-order chi connectivity index (χ1) is 14.8. The summed E-state index contributed by atoms with van der Waals surface area (Å²) in [6, 6.07) is 10.3. The number of thiazole rings is 1. The molecule has 9 heteroatoms. The second kappa shape index (κ2) is 11.4. The Morgan fingerprint density at radius 3 is 2.34 bits per heavy atom. The van der Waals surface area contributed by atoms with E-state index in [1.165, 1.54) is 23.5 Å². The van der Waals surface area contributed by atoms with E-state index in [1.54, 1.807) is 17.0 Å². The van der Waals surface area contributed by atoms with Crippen molar-refractivity contribution >= 4 is 50.7 Å². The van der Waals surface area contributed by atoms with Crippen molar-refractivity contribution in [1.82, 2.24) is 9.88 Å². The predicted molar refractivity (Wildman–Crippen MR) is 133 cm³/mol. The number of non-ortho nitro benzene ring substituents is 1. The molecule has 0 N–H and O–H groups in total. The van der Waals surface area contributed by atoms with Crippen molar-refractivity contribution in [3.63, 3.8) is 0 Å². The molecule has 0 unspecified atom stereocenters. The van der Waals surface area contributed by atoms with Crippen molar-refractivity contribution in [3.05, 3.63) is 63.2 Å². The monoisotopic (exact) mass is 476 g/mol. The molecular formula is C23H29ClN4O3S. The zero-order valence-corrected chi connectivity index (χ0v) is 20.5. The van der Waals surface area contributed by atoms with E-state index in [9.17, 15) is 14.9 Å². The van der Waals surface area contributed by atoms with Gasteiger partial charge in [-0.05, 0) is 49.7 Å². The largest absolute Gasteiger partial charge is 0.302 e. The number of aromatic nitrogens is 1. The summed E-state index contributed by atoms with van der Waals surface area (Å²) in [5, 5.41) is 11.6. The summed E-state index contributed by atoms with van der Waals surface area (Å²) in [7, 11) is 0. The number of carbonyl (C=O) groups is 1. The lowest BCUT2D eigenvalue weighted by Crippen LogP contribution is -2.39. The average Bonchev–Trinajstić information content (AvgIpc) is 3.15. The second-order valence-electron chi connectivity index (χ2n) is 7.60. The van der Waals surface area contributed by atoms with Crippen LogP contribution in [0.3, 0.4) is 0 Å². The van der Waals surface area contributed by atoms with Crippen LogP contribution in [0.4, 0.5) is 10.8 Å². The van der Waals surface area contributed by atoms with Gasteiger partial charge in [0, 0.05) is 25.2 Å². The van der Waals surface area contributed by atoms with Gasteiger partial charge in [-0.3, -0.25) is 19.8 Å². The summed E-state index contributed by atoms with van der Waals surface area (Å²) in [6.45, 7) is 11.5. The highest BCUT2D eigenvalue weighted by atomic mass is 35.5. The lowest BCUT2D eigenvalue weighted by molar-refractivity contribution is -0.384. The maximum atomic E-state index is 13.3. The minimum atomic E-state index is -0.437. The Morgan fingerprint density at radius 1 is 1.09 bits per heavy atom. The van der Waals surface area contributed by atoms with Gasteiger partial charge in [0.1, 0.15) is 0 Å². The number of nitro benzene ring substituents is 1. The van der Waals surface area contributed by atoms with Gasteiger partial charge in [0.2, 0.25) is 5.91 Å². The Balaban J connectivity index is 0.00000363. The molecule has 0 spiro atoms. The molecule has 0 saturated heterocycles. The topological polar surface area (TPSA) is 79.6 Å². The fraction of sp³-hybridized carbons (Fsp3) is 0.391. The lowest BCUT2D eigenvalue weighted by Gasteiger charge is -2.24. The Hall–Kier alpha value is -2.55. The van der Waals surface area contributed by atoms with Crippen molar-refractivity contribution in [3.8, 4) is 0 Å². The van der Waals surface area contributed by atoms with Gasteiger partial charge in [0.15, 0.2) is 5.13 Å². The first-order valence-electron chi connectivity index (χ1n) is 10.5. The number of fused-ring (bicyclic) bond motifs is 1. The third kappa shape index (κ3) is 6.03. The molecule has 0 aliphatic carbocycles. The first-order valence-corrected chi connectivity index (χ1v) is 11.3. The summed E-state index contributed by atoms with van der Waals surface area (Å²) in [6.07, 6.45) is 0.171. The molecule has 7 nitrogen and oxygen atoms in total. The zero-order valence-electron chi connectivity index (χ0n) is 18.8. The minimum Gasteiger partial charge on any atom is -0.302 e.